The molecule has 0 spiro atoms. The third-order valence-electron chi connectivity index (χ3n) is 3.91. The molecule has 5 heteroatoms. The summed E-state index contributed by atoms with van der Waals surface area (Å²) in [6.45, 7) is 5.06. The zero-order valence-electron chi connectivity index (χ0n) is 10.6. The lowest BCUT2D eigenvalue weighted by Gasteiger charge is -2.20. The van der Waals surface area contributed by atoms with Gasteiger partial charge in [-0.3, -0.25) is 10.1 Å². The van der Waals surface area contributed by atoms with Crippen molar-refractivity contribution in [2.75, 3.05) is 11.9 Å². The number of halogens is 1. The van der Waals surface area contributed by atoms with Gasteiger partial charge in [0.2, 0.25) is 0 Å². The van der Waals surface area contributed by atoms with E-state index in [1.54, 1.807) is 0 Å². The van der Waals surface area contributed by atoms with E-state index in [0.717, 1.165) is 25.5 Å². The molecule has 0 atom stereocenters. The molecule has 1 N–H and O–H groups in total. The van der Waals surface area contributed by atoms with Crippen molar-refractivity contribution >= 4 is 11.4 Å². The Morgan fingerprint density at radius 1 is 1.50 bits per heavy atom. The molecule has 0 heterocycles. The quantitative estimate of drug-likeness (QED) is 0.643. The van der Waals surface area contributed by atoms with Crippen LogP contribution in [0, 0.1) is 27.3 Å². The van der Waals surface area contributed by atoms with E-state index < -0.39 is 10.7 Å². The van der Waals surface area contributed by atoms with Crippen LogP contribution in [-0.2, 0) is 0 Å². The van der Waals surface area contributed by atoms with E-state index in [0.29, 0.717) is 11.6 Å². The van der Waals surface area contributed by atoms with Crippen molar-refractivity contribution < 1.29 is 9.31 Å². The molecular weight excluding hydrogens is 235 g/mol. The Balaban J connectivity index is 2.04. The van der Waals surface area contributed by atoms with Crippen molar-refractivity contribution in [3.05, 3.63) is 34.1 Å². The van der Waals surface area contributed by atoms with Gasteiger partial charge in [-0.2, -0.15) is 0 Å². The van der Waals surface area contributed by atoms with Gasteiger partial charge in [-0.1, -0.05) is 13.8 Å². The van der Waals surface area contributed by atoms with Gasteiger partial charge in [0.05, 0.1) is 16.7 Å². The zero-order chi connectivity index (χ0) is 13.3. The van der Waals surface area contributed by atoms with Crippen LogP contribution in [0.4, 0.5) is 15.8 Å². The average molecular weight is 252 g/mol. The van der Waals surface area contributed by atoms with Crippen LogP contribution >= 0.6 is 0 Å². The van der Waals surface area contributed by atoms with Gasteiger partial charge >= 0.3 is 0 Å². The smallest absolute Gasteiger partial charge is 0.272 e. The van der Waals surface area contributed by atoms with E-state index in [2.05, 4.69) is 19.2 Å². The molecule has 4 nitrogen and oxygen atoms in total. The molecule has 1 aromatic rings. The Bertz CT molecular complexity index is 470. The summed E-state index contributed by atoms with van der Waals surface area (Å²) in [6, 6.07) is 3.71. The number of nitrogens with zero attached hydrogens (tertiary/aromatic N) is 1. The molecule has 1 saturated carbocycles. The van der Waals surface area contributed by atoms with E-state index in [1.807, 2.05) is 0 Å². The lowest BCUT2D eigenvalue weighted by atomic mass is 9.92. The molecule has 0 aliphatic heterocycles. The number of nitro groups is 1. The Morgan fingerprint density at radius 3 is 2.61 bits per heavy atom. The number of hydrogen-bond donors (Lipinski definition) is 1. The van der Waals surface area contributed by atoms with Crippen LogP contribution in [0.3, 0.4) is 0 Å². The van der Waals surface area contributed by atoms with E-state index in [1.165, 1.54) is 12.1 Å². The minimum absolute atomic E-state index is 0.219. The molecule has 0 bridgehead atoms. The zero-order valence-corrected chi connectivity index (χ0v) is 10.6. The van der Waals surface area contributed by atoms with Crippen molar-refractivity contribution in [1.29, 1.82) is 0 Å². The van der Waals surface area contributed by atoms with E-state index in [9.17, 15) is 14.5 Å². The number of non-ortho nitro benzene ring substituents is 1. The lowest BCUT2D eigenvalue weighted by Crippen LogP contribution is -2.21. The average Bonchev–Trinajstić information content (AvgIpc) is 3.08. The van der Waals surface area contributed by atoms with Gasteiger partial charge in [-0.15, -0.1) is 0 Å². The fraction of sp³-hybridized carbons (Fsp3) is 0.538. The van der Waals surface area contributed by atoms with Crippen LogP contribution in [0.1, 0.15) is 26.7 Å². The fourth-order valence-corrected chi connectivity index (χ4v) is 2.15. The summed E-state index contributed by atoms with van der Waals surface area (Å²) in [5.41, 5.74) is 0.393. The molecule has 1 aliphatic carbocycles. The monoisotopic (exact) mass is 252 g/mol. The van der Waals surface area contributed by atoms with E-state index in [4.69, 9.17) is 0 Å². The second-order valence-corrected chi connectivity index (χ2v) is 5.29. The molecular formula is C13H17FN2O2. The summed E-state index contributed by atoms with van der Waals surface area (Å²) in [5.74, 6) is -0.00475. The van der Waals surface area contributed by atoms with Gasteiger partial charge in [0.25, 0.3) is 5.69 Å². The van der Waals surface area contributed by atoms with Gasteiger partial charge < -0.3 is 5.32 Å². The Kier molecular flexibility index (Phi) is 3.24. The van der Waals surface area contributed by atoms with E-state index in [-0.39, 0.29) is 11.1 Å². The van der Waals surface area contributed by atoms with Crippen LogP contribution in [0.5, 0.6) is 0 Å². The molecule has 1 aromatic carbocycles. The van der Waals surface area contributed by atoms with Crippen LogP contribution in [0.2, 0.25) is 0 Å². The van der Waals surface area contributed by atoms with Crippen LogP contribution in [0.15, 0.2) is 18.2 Å². The summed E-state index contributed by atoms with van der Waals surface area (Å²) < 4.78 is 13.6. The molecule has 1 aliphatic rings. The standard InChI is InChI=1S/C13H17FN2O2/c1-9(2)13(5-6-13)8-15-12-4-3-10(16(17)18)7-11(12)14/h3-4,7,9,15H,5-6,8H2,1-2H3. The first-order valence-corrected chi connectivity index (χ1v) is 6.12. The normalized spacial score (nSPS) is 16.7. The summed E-state index contributed by atoms with van der Waals surface area (Å²) in [4.78, 5) is 9.91. The molecule has 0 aromatic heterocycles. The third kappa shape index (κ3) is 2.44. The largest absolute Gasteiger partial charge is 0.382 e. The Morgan fingerprint density at radius 2 is 2.17 bits per heavy atom. The first-order chi connectivity index (χ1) is 8.44. The van der Waals surface area contributed by atoms with Gasteiger partial charge in [0.15, 0.2) is 5.82 Å². The van der Waals surface area contributed by atoms with E-state index >= 15 is 0 Å². The molecule has 0 radical (unpaired) electrons. The first kappa shape index (κ1) is 12.8. The number of nitro benzene ring substituents is 1. The van der Waals surface area contributed by atoms with Gasteiger partial charge in [-0.05, 0) is 30.2 Å². The molecule has 2 rings (SSSR count). The minimum atomic E-state index is -0.594. The van der Waals surface area contributed by atoms with Crippen LogP contribution in [-0.4, -0.2) is 11.5 Å². The summed E-state index contributed by atoms with van der Waals surface area (Å²) in [5, 5.41) is 13.6. The topological polar surface area (TPSA) is 55.2 Å². The number of anilines is 1. The SMILES string of the molecule is CC(C)C1(CNc2ccc([N+](=O)[O-])cc2F)CC1. The Labute approximate surface area is 105 Å². The second-order valence-electron chi connectivity index (χ2n) is 5.29. The predicted molar refractivity (Wildman–Crippen MR) is 68.0 cm³/mol. The number of benzene rings is 1. The molecule has 1 fully saturated rings. The highest BCUT2D eigenvalue weighted by molar-refractivity contribution is 5.50. The highest BCUT2D eigenvalue weighted by Crippen LogP contribution is 2.51. The molecule has 98 valence electrons. The number of hydrogen-bond acceptors (Lipinski definition) is 3. The van der Waals surface area contributed by atoms with Crippen molar-refractivity contribution in [2.24, 2.45) is 11.3 Å². The van der Waals surface area contributed by atoms with Gasteiger partial charge in [0, 0.05) is 12.6 Å². The van der Waals surface area contributed by atoms with Crippen molar-refractivity contribution in [3.8, 4) is 0 Å². The van der Waals surface area contributed by atoms with Crippen molar-refractivity contribution in [2.45, 2.75) is 26.7 Å². The van der Waals surface area contributed by atoms with Crippen LogP contribution in [0.25, 0.3) is 0 Å². The number of rotatable bonds is 5. The highest BCUT2D eigenvalue weighted by atomic mass is 19.1. The molecule has 18 heavy (non-hydrogen) atoms. The molecule has 0 amide bonds. The summed E-state index contributed by atoms with van der Waals surface area (Å²) >= 11 is 0. The fourth-order valence-electron chi connectivity index (χ4n) is 2.15. The molecule has 0 unspecified atom stereocenters. The summed E-state index contributed by atoms with van der Waals surface area (Å²) in [7, 11) is 0. The van der Waals surface area contributed by atoms with Gasteiger partial charge in [0.1, 0.15) is 0 Å². The van der Waals surface area contributed by atoms with Crippen LogP contribution < -0.4 is 5.32 Å². The lowest BCUT2D eigenvalue weighted by molar-refractivity contribution is -0.385. The first-order valence-electron chi connectivity index (χ1n) is 6.12. The van der Waals surface area contributed by atoms with Crippen molar-refractivity contribution in [1.82, 2.24) is 0 Å². The highest BCUT2D eigenvalue weighted by Gasteiger charge is 2.44. The molecule has 0 saturated heterocycles. The van der Waals surface area contributed by atoms with Gasteiger partial charge in [-0.25, -0.2) is 4.39 Å². The maximum atomic E-state index is 13.6. The maximum absolute atomic E-state index is 13.6. The Hall–Kier alpha value is -1.65. The number of nitrogens with one attached hydrogen (secondary N) is 1. The maximum Gasteiger partial charge on any atom is 0.272 e. The summed E-state index contributed by atoms with van der Waals surface area (Å²) in [6.07, 6.45) is 2.32. The minimum Gasteiger partial charge on any atom is -0.382 e. The second kappa shape index (κ2) is 4.55. The predicted octanol–water partition coefficient (Wildman–Crippen LogP) is 3.58. The third-order valence-corrected chi connectivity index (χ3v) is 3.91. The van der Waals surface area contributed by atoms with Crippen molar-refractivity contribution in [3.63, 3.8) is 0 Å².